The van der Waals surface area contributed by atoms with Crippen LogP contribution >= 0.6 is 0 Å². The van der Waals surface area contributed by atoms with Gasteiger partial charge < -0.3 is 4.74 Å². The van der Waals surface area contributed by atoms with Gasteiger partial charge in [0.1, 0.15) is 5.75 Å². The van der Waals surface area contributed by atoms with Crippen molar-refractivity contribution in [3.8, 4) is 22.7 Å². The van der Waals surface area contributed by atoms with Crippen molar-refractivity contribution in [3.05, 3.63) is 66.9 Å². The Kier molecular flexibility index (Phi) is 6.00. The normalized spacial score (nSPS) is 13.7. The summed E-state index contributed by atoms with van der Waals surface area (Å²) in [6.45, 7) is -0.0900. The molecule has 0 unspecified atom stereocenters. The lowest BCUT2D eigenvalue weighted by atomic mass is 9.99. The zero-order valence-electron chi connectivity index (χ0n) is 16.3. The number of benzene rings is 2. The van der Waals surface area contributed by atoms with E-state index in [9.17, 15) is 4.79 Å². The number of para-hydroxylation sites is 2. The van der Waals surface area contributed by atoms with Crippen molar-refractivity contribution in [1.82, 2.24) is 15.2 Å². The van der Waals surface area contributed by atoms with Crippen LogP contribution in [0.1, 0.15) is 32.1 Å². The standard InChI is InChI=1S/C23H24N4O2/c28-23(26-25-18-9-3-1-4-10-18)17-29-22-14-8-7-13-20(22)21-15-16-24-27(21)19-11-5-2-6-12-19/h2,5-8,11-16H,1,3-4,9-10,17H2,(H,26,28). The van der Waals surface area contributed by atoms with Crippen LogP contribution in [0.15, 0.2) is 72.0 Å². The molecule has 29 heavy (non-hydrogen) atoms. The fourth-order valence-corrected chi connectivity index (χ4v) is 3.48. The maximum Gasteiger partial charge on any atom is 0.277 e. The summed E-state index contributed by atoms with van der Waals surface area (Å²) in [4.78, 5) is 12.2. The second-order valence-electron chi connectivity index (χ2n) is 7.02. The molecule has 1 aliphatic rings. The lowest BCUT2D eigenvalue weighted by Crippen LogP contribution is -2.26. The van der Waals surface area contributed by atoms with Gasteiger partial charge >= 0.3 is 0 Å². The van der Waals surface area contributed by atoms with Crippen molar-refractivity contribution in [3.63, 3.8) is 0 Å². The van der Waals surface area contributed by atoms with Crippen molar-refractivity contribution in [1.29, 1.82) is 0 Å². The fourth-order valence-electron chi connectivity index (χ4n) is 3.48. The van der Waals surface area contributed by atoms with Gasteiger partial charge in [0.25, 0.3) is 5.91 Å². The number of nitrogens with one attached hydrogen (secondary N) is 1. The number of hydrogen-bond acceptors (Lipinski definition) is 4. The molecule has 4 rings (SSSR count). The average Bonchev–Trinajstić information content (AvgIpc) is 3.27. The number of amides is 1. The molecule has 3 aromatic rings. The van der Waals surface area contributed by atoms with Gasteiger partial charge in [0.05, 0.1) is 17.6 Å². The van der Waals surface area contributed by atoms with E-state index in [2.05, 4.69) is 15.6 Å². The Bertz CT molecular complexity index is 987. The summed E-state index contributed by atoms with van der Waals surface area (Å²) >= 11 is 0. The molecule has 0 atom stereocenters. The lowest BCUT2D eigenvalue weighted by molar-refractivity contribution is -0.123. The molecular weight excluding hydrogens is 364 g/mol. The monoisotopic (exact) mass is 388 g/mol. The van der Waals surface area contributed by atoms with Crippen LogP contribution in [0.4, 0.5) is 0 Å². The van der Waals surface area contributed by atoms with Gasteiger partial charge in [-0.2, -0.15) is 10.2 Å². The van der Waals surface area contributed by atoms with Crippen LogP contribution in [0.3, 0.4) is 0 Å². The first-order valence-electron chi connectivity index (χ1n) is 9.97. The molecule has 0 radical (unpaired) electrons. The van der Waals surface area contributed by atoms with Crippen LogP contribution in [-0.2, 0) is 4.79 Å². The average molecular weight is 388 g/mol. The predicted molar refractivity (Wildman–Crippen MR) is 113 cm³/mol. The first-order valence-corrected chi connectivity index (χ1v) is 9.97. The highest BCUT2D eigenvalue weighted by molar-refractivity contribution is 5.87. The van der Waals surface area contributed by atoms with Crippen molar-refractivity contribution < 1.29 is 9.53 Å². The molecule has 1 fully saturated rings. The molecule has 0 saturated heterocycles. The highest BCUT2D eigenvalue weighted by Gasteiger charge is 2.14. The fraction of sp³-hybridized carbons (Fsp3) is 0.261. The lowest BCUT2D eigenvalue weighted by Gasteiger charge is -2.14. The van der Waals surface area contributed by atoms with E-state index >= 15 is 0 Å². The second kappa shape index (κ2) is 9.19. The Morgan fingerprint density at radius 2 is 1.76 bits per heavy atom. The van der Waals surface area contributed by atoms with Gasteiger partial charge in [-0.15, -0.1) is 0 Å². The number of carbonyl (C=O) groups is 1. The summed E-state index contributed by atoms with van der Waals surface area (Å²) < 4.78 is 7.69. The summed E-state index contributed by atoms with van der Waals surface area (Å²) in [5, 5.41) is 8.69. The molecule has 0 aliphatic heterocycles. The molecule has 148 valence electrons. The Hall–Kier alpha value is -3.41. The molecule has 1 aromatic heterocycles. The molecule has 1 amide bonds. The predicted octanol–water partition coefficient (Wildman–Crippen LogP) is 4.35. The van der Waals surface area contributed by atoms with E-state index in [-0.39, 0.29) is 12.5 Å². The van der Waals surface area contributed by atoms with Gasteiger partial charge in [-0.1, -0.05) is 36.8 Å². The first kappa shape index (κ1) is 18.9. The molecule has 6 nitrogen and oxygen atoms in total. The number of carbonyl (C=O) groups excluding carboxylic acids is 1. The Morgan fingerprint density at radius 3 is 2.59 bits per heavy atom. The highest BCUT2D eigenvalue weighted by atomic mass is 16.5. The third-order valence-corrected chi connectivity index (χ3v) is 4.93. The number of hydrazone groups is 1. The third kappa shape index (κ3) is 4.71. The van der Waals surface area contributed by atoms with Crippen LogP contribution in [0.25, 0.3) is 16.9 Å². The van der Waals surface area contributed by atoms with E-state index in [1.807, 2.05) is 65.3 Å². The van der Waals surface area contributed by atoms with E-state index in [4.69, 9.17) is 4.74 Å². The maximum absolute atomic E-state index is 12.2. The summed E-state index contributed by atoms with van der Waals surface area (Å²) in [5.74, 6) is 0.375. The van der Waals surface area contributed by atoms with Crippen molar-refractivity contribution in [2.45, 2.75) is 32.1 Å². The largest absolute Gasteiger partial charge is 0.483 e. The molecule has 0 spiro atoms. The van der Waals surface area contributed by atoms with Crippen molar-refractivity contribution in [2.24, 2.45) is 5.10 Å². The van der Waals surface area contributed by atoms with Gasteiger partial charge in [0.15, 0.2) is 6.61 Å². The Morgan fingerprint density at radius 1 is 1.00 bits per heavy atom. The minimum absolute atomic E-state index is 0.0900. The molecule has 2 aromatic carbocycles. The van der Waals surface area contributed by atoms with Gasteiger partial charge in [-0.3, -0.25) is 4.79 Å². The Labute approximate surface area is 170 Å². The van der Waals surface area contributed by atoms with Crippen LogP contribution in [0, 0.1) is 0 Å². The molecular formula is C23H24N4O2. The summed E-state index contributed by atoms with van der Waals surface area (Å²) in [6, 6.07) is 19.5. The number of nitrogens with zero attached hydrogens (tertiary/aromatic N) is 3. The topological polar surface area (TPSA) is 68.5 Å². The molecule has 0 bridgehead atoms. The number of ether oxygens (including phenoxy) is 1. The second-order valence-corrected chi connectivity index (χ2v) is 7.02. The van der Waals surface area contributed by atoms with Gasteiger partial charge in [0, 0.05) is 11.3 Å². The van der Waals surface area contributed by atoms with E-state index in [0.29, 0.717) is 5.75 Å². The van der Waals surface area contributed by atoms with Crippen LogP contribution in [0.2, 0.25) is 0 Å². The number of aromatic nitrogens is 2. The van der Waals surface area contributed by atoms with Crippen LogP contribution < -0.4 is 10.2 Å². The van der Waals surface area contributed by atoms with Gasteiger partial charge in [0.2, 0.25) is 0 Å². The highest BCUT2D eigenvalue weighted by Crippen LogP contribution is 2.31. The number of hydrogen-bond donors (Lipinski definition) is 1. The van der Waals surface area contributed by atoms with Crippen LogP contribution in [-0.4, -0.2) is 28.0 Å². The molecule has 6 heteroatoms. The quantitative estimate of drug-likeness (QED) is 0.638. The Balaban J connectivity index is 1.47. The zero-order valence-corrected chi connectivity index (χ0v) is 16.3. The molecule has 1 heterocycles. The first-order chi connectivity index (χ1) is 14.3. The van der Waals surface area contributed by atoms with Gasteiger partial charge in [-0.25, -0.2) is 10.1 Å². The smallest absolute Gasteiger partial charge is 0.277 e. The number of rotatable bonds is 6. The summed E-state index contributed by atoms with van der Waals surface area (Å²) in [5.41, 5.74) is 6.42. The maximum atomic E-state index is 12.2. The summed E-state index contributed by atoms with van der Waals surface area (Å²) in [6.07, 6.45) is 7.22. The van der Waals surface area contributed by atoms with Gasteiger partial charge in [-0.05, 0) is 56.0 Å². The minimum atomic E-state index is -0.255. The SMILES string of the molecule is O=C(COc1ccccc1-c1ccnn1-c1ccccc1)NN=C1CCCCC1. The molecule has 1 saturated carbocycles. The molecule has 1 aliphatic carbocycles. The van der Waals surface area contributed by atoms with E-state index < -0.39 is 0 Å². The zero-order chi connectivity index (χ0) is 19.9. The third-order valence-electron chi connectivity index (χ3n) is 4.93. The van der Waals surface area contributed by atoms with E-state index in [1.54, 1.807) is 6.20 Å². The van der Waals surface area contributed by atoms with E-state index in [0.717, 1.165) is 48.3 Å². The van der Waals surface area contributed by atoms with E-state index in [1.165, 1.54) is 6.42 Å². The van der Waals surface area contributed by atoms with Crippen LogP contribution in [0.5, 0.6) is 5.75 Å². The van der Waals surface area contributed by atoms with Crippen molar-refractivity contribution >= 4 is 11.6 Å². The van der Waals surface area contributed by atoms with Crippen molar-refractivity contribution in [2.75, 3.05) is 6.61 Å². The molecule has 1 N–H and O–H groups in total. The summed E-state index contributed by atoms with van der Waals surface area (Å²) in [7, 11) is 0. The minimum Gasteiger partial charge on any atom is -0.483 e.